The number of hydrogen-bond donors (Lipinski definition) is 0. The van der Waals surface area contributed by atoms with Crippen LogP contribution < -0.4 is 0 Å². The smallest absolute Gasteiger partial charge is 0.174 e. The molecule has 4 rings (SSSR count). The van der Waals surface area contributed by atoms with Crippen molar-refractivity contribution in [1.29, 1.82) is 0 Å². The van der Waals surface area contributed by atoms with E-state index in [0.717, 1.165) is 17.5 Å². The summed E-state index contributed by atoms with van der Waals surface area (Å²) in [4.78, 5) is 12.5. The molecule has 1 aromatic carbocycles. The van der Waals surface area contributed by atoms with Crippen LogP contribution in [0.5, 0.6) is 0 Å². The molecule has 0 spiro atoms. The van der Waals surface area contributed by atoms with E-state index < -0.39 is 0 Å². The lowest BCUT2D eigenvalue weighted by molar-refractivity contribution is 0.0959. The summed E-state index contributed by atoms with van der Waals surface area (Å²) in [7, 11) is 0. The quantitative estimate of drug-likeness (QED) is 0.665. The molecule has 18 heavy (non-hydrogen) atoms. The van der Waals surface area contributed by atoms with Crippen LogP contribution in [0.1, 0.15) is 27.9 Å². The zero-order valence-electron chi connectivity index (χ0n) is 9.89. The Morgan fingerprint density at radius 2 is 2.06 bits per heavy atom. The van der Waals surface area contributed by atoms with E-state index >= 15 is 0 Å². The van der Waals surface area contributed by atoms with E-state index in [0.29, 0.717) is 0 Å². The highest BCUT2D eigenvalue weighted by atomic mass is 16.1. The van der Waals surface area contributed by atoms with Gasteiger partial charge in [0.05, 0.1) is 5.92 Å². The summed E-state index contributed by atoms with van der Waals surface area (Å²) in [5.41, 5.74) is 5.74. The Morgan fingerprint density at radius 3 is 3.00 bits per heavy atom. The first-order valence-corrected chi connectivity index (χ1v) is 6.28. The average molecular weight is 232 g/mol. The SMILES string of the molecule is O=C1c2cccc3c2C(=C2C=CC=CC12)CC=C3. The Balaban J connectivity index is 2.11. The first-order chi connectivity index (χ1) is 8.86. The van der Waals surface area contributed by atoms with Gasteiger partial charge in [0.1, 0.15) is 0 Å². The van der Waals surface area contributed by atoms with Gasteiger partial charge in [0.2, 0.25) is 0 Å². The third-order valence-corrected chi connectivity index (χ3v) is 3.94. The van der Waals surface area contributed by atoms with E-state index in [4.69, 9.17) is 0 Å². The van der Waals surface area contributed by atoms with E-state index in [1.54, 1.807) is 0 Å². The minimum atomic E-state index is -0.0701. The molecular formula is C17H12O. The van der Waals surface area contributed by atoms with Gasteiger partial charge in [-0.05, 0) is 28.7 Å². The summed E-state index contributed by atoms with van der Waals surface area (Å²) >= 11 is 0. The maximum atomic E-state index is 12.5. The van der Waals surface area contributed by atoms with Crippen molar-refractivity contribution >= 4 is 17.4 Å². The van der Waals surface area contributed by atoms with Crippen LogP contribution >= 0.6 is 0 Å². The van der Waals surface area contributed by atoms with Gasteiger partial charge in [-0.25, -0.2) is 0 Å². The molecule has 1 unspecified atom stereocenters. The molecule has 0 aromatic heterocycles. The highest BCUT2D eigenvalue weighted by Gasteiger charge is 2.33. The van der Waals surface area contributed by atoms with Crippen LogP contribution in [-0.2, 0) is 0 Å². The second kappa shape index (κ2) is 3.42. The number of hydrogen-bond acceptors (Lipinski definition) is 1. The number of allylic oxidation sites excluding steroid dienone is 7. The summed E-state index contributed by atoms with van der Waals surface area (Å²) in [6.07, 6.45) is 13.3. The fourth-order valence-electron chi connectivity index (χ4n) is 3.15. The lowest BCUT2D eigenvalue weighted by atomic mass is 9.72. The number of Topliss-reactive ketones (excluding diaryl/α,β-unsaturated/α-hetero) is 1. The van der Waals surface area contributed by atoms with Gasteiger partial charge in [-0.2, -0.15) is 0 Å². The number of carbonyl (C=O) groups is 1. The van der Waals surface area contributed by atoms with E-state index in [1.807, 2.05) is 30.4 Å². The first-order valence-electron chi connectivity index (χ1n) is 6.28. The number of rotatable bonds is 0. The molecule has 0 amide bonds. The maximum Gasteiger partial charge on any atom is 0.174 e. The molecule has 0 saturated carbocycles. The van der Waals surface area contributed by atoms with Crippen molar-refractivity contribution in [3.63, 3.8) is 0 Å². The van der Waals surface area contributed by atoms with Gasteiger partial charge in [-0.3, -0.25) is 4.79 Å². The van der Waals surface area contributed by atoms with Crippen molar-refractivity contribution in [2.24, 2.45) is 5.92 Å². The van der Waals surface area contributed by atoms with Crippen molar-refractivity contribution in [3.05, 3.63) is 70.8 Å². The standard InChI is InChI=1S/C17H12O/c18-17-14-8-2-1-7-12(14)13-9-3-5-11-6-4-10-15(17)16(11)13/h1-8,10,14H,9H2. The summed E-state index contributed by atoms with van der Waals surface area (Å²) in [6.45, 7) is 0. The van der Waals surface area contributed by atoms with Crippen molar-refractivity contribution in [2.45, 2.75) is 6.42 Å². The molecule has 0 bridgehead atoms. The van der Waals surface area contributed by atoms with Crippen molar-refractivity contribution in [2.75, 3.05) is 0 Å². The molecule has 0 N–H and O–H groups in total. The molecular weight excluding hydrogens is 220 g/mol. The van der Waals surface area contributed by atoms with Gasteiger partial charge in [0, 0.05) is 5.56 Å². The molecule has 0 fully saturated rings. The fourth-order valence-corrected chi connectivity index (χ4v) is 3.15. The molecule has 1 atom stereocenters. The number of fused-ring (bicyclic) bond motifs is 1. The van der Waals surface area contributed by atoms with E-state index in [-0.39, 0.29) is 11.7 Å². The predicted octanol–water partition coefficient (Wildman–Crippen LogP) is 3.80. The van der Waals surface area contributed by atoms with Crippen LogP contribution in [-0.4, -0.2) is 5.78 Å². The highest BCUT2D eigenvalue weighted by molar-refractivity contribution is 6.11. The molecule has 0 aliphatic heterocycles. The second-order valence-electron chi connectivity index (χ2n) is 4.90. The number of ketones is 1. The van der Waals surface area contributed by atoms with Crippen molar-refractivity contribution < 1.29 is 4.79 Å². The predicted molar refractivity (Wildman–Crippen MR) is 73.1 cm³/mol. The highest BCUT2D eigenvalue weighted by Crippen LogP contribution is 2.43. The fraction of sp³-hybridized carbons (Fsp3) is 0.118. The number of benzene rings is 1. The first kappa shape index (κ1) is 9.84. The Labute approximate surface area is 106 Å². The van der Waals surface area contributed by atoms with Crippen LogP contribution in [0.2, 0.25) is 0 Å². The van der Waals surface area contributed by atoms with Crippen LogP contribution in [0, 0.1) is 5.92 Å². The van der Waals surface area contributed by atoms with Gasteiger partial charge in [0.15, 0.2) is 5.78 Å². The van der Waals surface area contributed by atoms with Gasteiger partial charge in [0.25, 0.3) is 0 Å². The number of carbonyl (C=O) groups excluding carboxylic acids is 1. The molecule has 1 aromatic rings. The Bertz CT molecular complexity index is 684. The van der Waals surface area contributed by atoms with Crippen LogP contribution in [0.3, 0.4) is 0 Å². The van der Waals surface area contributed by atoms with Gasteiger partial charge >= 0.3 is 0 Å². The summed E-state index contributed by atoms with van der Waals surface area (Å²) in [5.74, 6) is 0.167. The molecule has 3 aliphatic rings. The Hall–Kier alpha value is -2.15. The minimum Gasteiger partial charge on any atom is -0.293 e. The maximum absolute atomic E-state index is 12.5. The van der Waals surface area contributed by atoms with Crippen LogP contribution in [0.25, 0.3) is 11.6 Å². The van der Waals surface area contributed by atoms with Crippen LogP contribution in [0.4, 0.5) is 0 Å². The van der Waals surface area contributed by atoms with Gasteiger partial charge in [-0.15, -0.1) is 0 Å². The summed E-state index contributed by atoms with van der Waals surface area (Å²) < 4.78 is 0. The summed E-state index contributed by atoms with van der Waals surface area (Å²) in [5, 5.41) is 0. The van der Waals surface area contributed by atoms with Crippen molar-refractivity contribution in [1.82, 2.24) is 0 Å². The summed E-state index contributed by atoms with van der Waals surface area (Å²) in [6, 6.07) is 6.03. The van der Waals surface area contributed by atoms with Gasteiger partial charge < -0.3 is 0 Å². The largest absolute Gasteiger partial charge is 0.293 e. The molecule has 1 nitrogen and oxygen atoms in total. The second-order valence-corrected chi connectivity index (χ2v) is 4.90. The third-order valence-electron chi connectivity index (χ3n) is 3.94. The molecule has 0 radical (unpaired) electrons. The lowest BCUT2D eigenvalue weighted by Gasteiger charge is -2.30. The Morgan fingerprint density at radius 1 is 1.11 bits per heavy atom. The minimum absolute atomic E-state index is 0.0701. The zero-order chi connectivity index (χ0) is 12.1. The molecule has 3 aliphatic carbocycles. The normalized spacial score (nSPS) is 23.1. The molecule has 0 saturated heterocycles. The lowest BCUT2D eigenvalue weighted by Crippen LogP contribution is -2.24. The monoisotopic (exact) mass is 232 g/mol. The van der Waals surface area contributed by atoms with E-state index in [9.17, 15) is 4.79 Å². The Kier molecular flexibility index (Phi) is 1.87. The van der Waals surface area contributed by atoms with E-state index in [2.05, 4.69) is 24.3 Å². The topological polar surface area (TPSA) is 17.1 Å². The van der Waals surface area contributed by atoms with E-state index in [1.165, 1.54) is 16.7 Å². The van der Waals surface area contributed by atoms with Gasteiger partial charge in [-0.1, -0.05) is 54.7 Å². The van der Waals surface area contributed by atoms with Crippen molar-refractivity contribution in [3.8, 4) is 0 Å². The zero-order valence-corrected chi connectivity index (χ0v) is 9.89. The molecule has 86 valence electrons. The van der Waals surface area contributed by atoms with Crippen LogP contribution in [0.15, 0.2) is 54.2 Å². The molecule has 1 heteroatoms. The average Bonchev–Trinajstić information content (AvgIpc) is 2.44. The molecule has 0 heterocycles. The third kappa shape index (κ3) is 1.14.